The number of benzene rings is 1. The van der Waals surface area contributed by atoms with Crippen LogP contribution in [0.3, 0.4) is 0 Å². The second kappa shape index (κ2) is 7.31. The number of aromatic nitrogens is 4. The predicted octanol–water partition coefficient (Wildman–Crippen LogP) is 4.17. The Bertz CT molecular complexity index is 1150. The molecule has 0 unspecified atom stereocenters. The Labute approximate surface area is 171 Å². The highest BCUT2D eigenvalue weighted by Gasteiger charge is 2.22. The van der Waals surface area contributed by atoms with Crippen LogP contribution in [0.2, 0.25) is 0 Å². The summed E-state index contributed by atoms with van der Waals surface area (Å²) in [7, 11) is 0. The van der Waals surface area contributed by atoms with Gasteiger partial charge in [-0.3, -0.25) is 4.57 Å². The van der Waals surface area contributed by atoms with Gasteiger partial charge in [0.15, 0.2) is 5.82 Å². The molecule has 0 amide bonds. The zero-order valence-corrected chi connectivity index (χ0v) is 17.1. The number of anilines is 1. The van der Waals surface area contributed by atoms with Crippen molar-refractivity contribution >= 4 is 50.0 Å². The number of aryl methyl sites for hydroxylation is 1. The molecule has 28 heavy (non-hydrogen) atoms. The number of fused-ring (bicyclic) bond motifs is 2. The molecule has 6 nitrogen and oxygen atoms in total. The number of morpholine rings is 1. The van der Waals surface area contributed by atoms with Crippen LogP contribution in [-0.4, -0.2) is 45.8 Å². The van der Waals surface area contributed by atoms with E-state index in [1.165, 1.54) is 0 Å². The van der Waals surface area contributed by atoms with Crippen LogP contribution in [0.1, 0.15) is 17.6 Å². The molecule has 0 N–H and O–H groups in total. The molecule has 3 aromatic heterocycles. The molecule has 4 aromatic rings. The fraction of sp³-hybridized carbons (Fsp3) is 0.350. The first kappa shape index (κ1) is 17.8. The molecule has 4 heterocycles. The van der Waals surface area contributed by atoms with Gasteiger partial charge in [-0.2, -0.15) is 4.98 Å². The lowest BCUT2D eigenvalue weighted by molar-refractivity contribution is 0.122. The SMILES string of the molecule is CCc1nc2ccccc2n1-c1nc(N2CCOCC2)c2sc(CCl)cc2n1. The van der Waals surface area contributed by atoms with Gasteiger partial charge in [0, 0.05) is 24.4 Å². The van der Waals surface area contributed by atoms with Gasteiger partial charge in [0.1, 0.15) is 5.82 Å². The van der Waals surface area contributed by atoms with E-state index in [0.717, 1.165) is 57.3 Å². The van der Waals surface area contributed by atoms with Crippen LogP contribution in [0.5, 0.6) is 0 Å². The number of rotatable bonds is 4. The van der Waals surface area contributed by atoms with Crippen molar-refractivity contribution in [1.29, 1.82) is 0 Å². The molecular formula is C20H20ClN5OS. The highest BCUT2D eigenvalue weighted by Crippen LogP contribution is 2.34. The lowest BCUT2D eigenvalue weighted by Gasteiger charge is -2.28. The summed E-state index contributed by atoms with van der Waals surface area (Å²) in [5.74, 6) is 3.07. The Morgan fingerprint density at radius 2 is 1.93 bits per heavy atom. The van der Waals surface area contributed by atoms with E-state index in [2.05, 4.69) is 28.5 Å². The maximum atomic E-state index is 6.12. The van der Waals surface area contributed by atoms with Crippen molar-refractivity contribution in [3.05, 3.63) is 41.0 Å². The minimum absolute atomic E-state index is 0.479. The van der Waals surface area contributed by atoms with Crippen molar-refractivity contribution in [2.75, 3.05) is 31.2 Å². The van der Waals surface area contributed by atoms with Gasteiger partial charge in [-0.1, -0.05) is 19.1 Å². The molecule has 0 aliphatic carbocycles. The van der Waals surface area contributed by atoms with Gasteiger partial charge in [-0.05, 0) is 18.2 Å². The van der Waals surface area contributed by atoms with E-state index >= 15 is 0 Å². The van der Waals surface area contributed by atoms with E-state index in [9.17, 15) is 0 Å². The molecule has 1 saturated heterocycles. The zero-order valence-electron chi connectivity index (χ0n) is 15.6. The Morgan fingerprint density at radius 3 is 2.71 bits per heavy atom. The summed E-state index contributed by atoms with van der Waals surface area (Å²) in [4.78, 5) is 18.1. The number of hydrogen-bond donors (Lipinski definition) is 0. The van der Waals surface area contributed by atoms with Crippen LogP contribution in [0.15, 0.2) is 30.3 Å². The molecule has 0 radical (unpaired) electrons. The van der Waals surface area contributed by atoms with Crippen LogP contribution >= 0.6 is 22.9 Å². The Morgan fingerprint density at radius 1 is 1.11 bits per heavy atom. The third-order valence-electron chi connectivity index (χ3n) is 4.98. The molecule has 144 valence electrons. The molecule has 1 fully saturated rings. The Balaban J connectivity index is 1.76. The van der Waals surface area contributed by atoms with Crippen LogP contribution < -0.4 is 4.90 Å². The molecule has 1 aliphatic rings. The van der Waals surface area contributed by atoms with Crippen molar-refractivity contribution in [1.82, 2.24) is 19.5 Å². The second-order valence-corrected chi connectivity index (χ2v) is 8.12. The summed E-state index contributed by atoms with van der Waals surface area (Å²) in [6, 6.07) is 10.2. The minimum Gasteiger partial charge on any atom is -0.378 e. The number of ether oxygens (including phenoxy) is 1. The van der Waals surface area contributed by atoms with Gasteiger partial charge in [-0.15, -0.1) is 22.9 Å². The van der Waals surface area contributed by atoms with E-state index in [0.29, 0.717) is 25.0 Å². The first-order valence-corrected chi connectivity index (χ1v) is 10.8. The molecule has 8 heteroatoms. The number of hydrogen-bond acceptors (Lipinski definition) is 6. The average molecular weight is 414 g/mol. The maximum Gasteiger partial charge on any atom is 0.238 e. The van der Waals surface area contributed by atoms with Crippen LogP contribution in [0, 0.1) is 0 Å². The highest BCUT2D eigenvalue weighted by molar-refractivity contribution is 7.19. The van der Waals surface area contributed by atoms with Crippen molar-refractivity contribution in [2.45, 2.75) is 19.2 Å². The van der Waals surface area contributed by atoms with E-state index in [4.69, 9.17) is 31.3 Å². The summed E-state index contributed by atoms with van der Waals surface area (Å²) in [6.45, 7) is 5.18. The van der Waals surface area contributed by atoms with Crippen molar-refractivity contribution in [2.24, 2.45) is 0 Å². The summed E-state index contributed by atoms with van der Waals surface area (Å²) in [5.41, 5.74) is 2.93. The smallest absolute Gasteiger partial charge is 0.238 e. The normalized spacial score (nSPS) is 15.0. The van der Waals surface area contributed by atoms with Crippen molar-refractivity contribution < 1.29 is 4.74 Å². The molecule has 1 aliphatic heterocycles. The number of alkyl halides is 1. The molecule has 0 saturated carbocycles. The summed E-state index contributed by atoms with van der Waals surface area (Å²) in [6.07, 6.45) is 0.805. The molecule has 0 atom stereocenters. The highest BCUT2D eigenvalue weighted by atomic mass is 35.5. The number of thiophene rings is 1. The average Bonchev–Trinajstić information content (AvgIpc) is 3.34. The van der Waals surface area contributed by atoms with Crippen LogP contribution in [0.4, 0.5) is 5.82 Å². The first-order valence-electron chi connectivity index (χ1n) is 9.44. The fourth-order valence-corrected chi connectivity index (χ4v) is 4.85. The first-order chi connectivity index (χ1) is 13.8. The quantitative estimate of drug-likeness (QED) is 0.470. The molecule has 0 spiro atoms. The van der Waals surface area contributed by atoms with Gasteiger partial charge in [-0.25, -0.2) is 9.97 Å². The fourth-order valence-electron chi connectivity index (χ4n) is 3.64. The number of halogens is 1. The summed E-state index contributed by atoms with van der Waals surface area (Å²) in [5, 5.41) is 0. The summed E-state index contributed by atoms with van der Waals surface area (Å²) >= 11 is 7.79. The monoisotopic (exact) mass is 413 g/mol. The van der Waals surface area contributed by atoms with Gasteiger partial charge in [0.2, 0.25) is 5.95 Å². The topological polar surface area (TPSA) is 56.1 Å². The van der Waals surface area contributed by atoms with Crippen LogP contribution in [-0.2, 0) is 17.0 Å². The molecule has 0 bridgehead atoms. The van der Waals surface area contributed by atoms with E-state index in [-0.39, 0.29) is 0 Å². The second-order valence-electron chi connectivity index (χ2n) is 6.71. The Kier molecular flexibility index (Phi) is 4.66. The van der Waals surface area contributed by atoms with Crippen molar-refractivity contribution in [3.63, 3.8) is 0 Å². The largest absolute Gasteiger partial charge is 0.378 e. The number of nitrogens with zero attached hydrogens (tertiary/aromatic N) is 5. The zero-order chi connectivity index (χ0) is 19.1. The third-order valence-corrected chi connectivity index (χ3v) is 6.55. The lowest BCUT2D eigenvalue weighted by atomic mass is 10.3. The van der Waals surface area contributed by atoms with Gasteiger partial charge in [0.25, 0.3) is 0 Å². The molecule has 5 rings (SSSR count). The maximum absolute atomic E-state index is 6.12. The van der Waals surface area contributed by atoms with E-state index < -0.39 is 0 Å². The number of imidazole rings is 1. The van der Waals surface area contributed by atoms with Gasteiger partial charge in [0.05, 0.1) is 40.3 Å². The third kappa shape index (κ3) is 2.94. The van der Waals surface area contributed by atoms with Crippen molar-refractivity contribution in [3.8, 4) is 5.95 Å². The number of para-hydroxylation sites is 2. The van der Waals surface area contributed by atoms with Gasteiger partial charge < -0.3 is 9.64 Å². The lowest BCUT2D eigenvalue weighted by Crippen LogP contribution is -2.37. The van der Waals surface area contributed by atoms with E-state index in [1.807, 2.05) is 18.2 Å². The Hall–Kier alpha value is -2.22. The minimum atomic E-state index is 0.479. The van der Waals surface area contributed by atoms with Crippen LogP contribution in [0.25, 0.3) is 27.2 Å². The molecule has 1 aromatic carbocycles. The van der Waals surface area contributed by atoms with E-state index in [1.54, 1.807) is 11.3 Å². The predicted molar refractivity (Wildman–Crippen MR) is 114 cm³/mol. The standard InChI is InChI=1S/C20H20ClN5OS/c1-2-17-22-14-5-3-4-6-16(14)26(17)20-23-15-11-13(12-21)28-18(15)19(24-20)25-7-9-27-10-8-25/h3-6,11H,2,7-10,12H2,1H3. The molecular weight excluding hydrogens is 394 g/mol. The van der Waals surface area contributed by atoms with Gasteiger partial charge >= 0.3 is 0 Å². The summed E-state index contributed by atoms with van der Waals surface area (Å²) < 4.78 is 8.71.